The van der Waals surface area contributed by atoms with Crippen LogP contribution in [0.2, 0.25) is 0 Å². The SMILES string of the molecule is NC(=O)c1nc2ccccc2n1F. The number of carbonyl (C=O) groups excluding carboxylic acids is 1. The molecular weight excluding hydrogens is 173 g/mol. The van der Waals surface area contributed by atoms with E-state index in [4.69, 9.17) is 5.73 Å². The van der Waals surface area contributed by atoms with Crippen molar-refractivity contribution in [3.05, 3.63) is 30.1 Å². The Kier molecular flexibility index (Phi) is 1.51. The molecule has 0 aliphatic rings. The predicted octanol–water partition coefficient (Wildman–Crippen LogP) is 0.868. The van der Waals surface area contributed by atoms with Crippen LogP contribution in [0.25, 0.3) is 11.0 Å². The van der Waals surface area contributed by atoms with E-state index in [-0.39, 0.29) is 16.1 Å². The number of imidazole rings is 1. The Morgan fingerprint density at radius 1 is 1.46 bits per heavy atom. The zero-order valence-electron chi connectivity index (χ0n) is 6.57. The van der Waals surface area contributed by atoms with E-state index < -0.39 is 5.91 Å². The Hall–Kier alpha value is -1.91. The van der Waals surface area contributed by atoms with Crippen LogP contribution < -0.4 is 5.73 Å². The van der Waals surface area contributed by atoms with Gasteiger partial charge in [0, 0.05) is 0 Å². The van der Waals surface area contributed by atoms with Gasteiger partial charge in [0.05, 0.1) is 5.52 Å². The Labute approximate surface area is 72.7 Å². The van der Waals surface area contributed by atoms with Crippen molar-refractivity contribution in [2.45, 2.75) is 0 Å². The molecule has 0 saturated carbocycles. The van der Waals surface area contributed by atoms with Gasteiger partial charge in [-0.1, -0.05) is 16.6 Å². The number of rotatable bonds is 1. The Balaban J connectivity index is 2.81. The van der Waals surface area contributed by atoms with Gasteiger partial charge in [-0.25, -0.2) is 4.98 Å². The van der Waals surface area contributed by atoms with Crippen molar-refractivity contribution >= 4 is 16.9 Å². The highest BCUT2D eigenvalue weighted by Gasteiger charge is 2.13. The van der Waals surface area contributed by atoms with E-state index in [1.54, 1.807) is 18.2 Å². The molecule has 2 N–H and O–H groups in total. The highest BCUT2D eigenvalue weighted by molar-refractivity contribution is 5.93. The average molecular weight is 179 g/mol. The molecule has 13 heavy (non-hydrogen) atoms. The van der Waals surface area contributed by atoms with E-state index in [1.807, 2.05) is 0 Å². The van der Waals surface area contributed by atoms with Crippen LogP contribution in [-0.2, 0) is 0 Å². The lowest BCUT2D eigenvalue weighted by Crippen LogP contribution is -2.15. The Bertz CT molecular complexity index is 477. The lowest BCUT2D eigenvalue weighted by Gasteiger charge is -1.90. The molecule has 0 aliphatic heterocycles. The number of benzene rings is 1. The topological polar surface area (TPSA) is 60.9 Å². The molecule has 1 aromatic carbocycles. The van der Waals surface area contributed by atoms with Crippen LogP contribution in [0, 0.1) is 0 Å². The molecule has 0 spiro atoms. The standard InChI is InChI=1S/C8H6FN3O/c9-12-6-4-2-1-3-5(6)11-8(12)7(10)13/h1-4H,(H2,10,13). The second kappa shape index (κ2) is 2.55. The number of aromatic nitrogens is 2. The van der Waals surface area contributed by atoms with Crippen LogP contribution in [0.3, 0.4) is 0 Å². The summed E-state index contributed by atoms with van der Waals surface area (Å²) in [5.41, 5.74) is 5.58. The predicted molar refractivity (Wildman–Crippen MR) is 44.8 cm³/mol. The van der Waals surface area contributed by atoms with Crippen molar-refractivity contribution in [3.8, 4) is 0 Å². The monoisotopic (exact) mass is 179 g/mol. The molecule has 66 valence electrons. The van der Waals surface area contributed by atoms with Gasteiger partial charge in [-0.15, -0.1) is 0 Å². The number of halogens is 1. The number of carbonyl (C=O) groups is 1. The first-order chi connectivity index (χ1) is 6.20. The minimum absolute atomic E-state index is 0.192. The van der Waals surface area contributed by atoms with E-state index in [2.05, 4.69) is 4.98 Å². The molecule has 0 unspecified atom stereocenters. The third kappa shape index (κ3) is 1.05. The smallest absolute Gasteiger partial charge is 0.287 e. The van der Waals surface area contributed by atoms with Crippen LogP contribution in [-0.4, -0.2) is 15.7 Å². The first-order valence-electron chi connectivity index (χ1n) is 3.63. The number of fused-ring (bicyclic) bond motifs is 1. The van der Waals surface area contributed by atoms with Crippen molar-refractivity contribution in [2.24, 2.45) is 5.73 Å². The summed E-state index contributed by atoms with van der Waals surface area (Å²) in [6.45, 7) is 0. The molecule has 0 radical (unpaired) electrons. The van der Waals surface area contributed by atoms with Crippen LogP contribution >= 0.6 is 0 Å². The summed E-state index contributed by atoms with van der Waals surface area (Å²) in [4.78, 5) is 14.6. The normalized spacial score (nSPS) is 10.5. The van der Waals surface area contributed by atoms with E-state index >= 15 is 0 Å². The third-order valence-electron chi connectivity index (χ3n) is 1.73. The van der Waals surface area contributed by atoms with Gasteiger partial charge in [-0.05, 0) is 12.1 Å². The lowest BCUT2D eigenvalue weighted by molar-refractivity contribution is 0.0977. The van der Waals surface area contributed by atoms with E-state index in [9.17, 15) is 9.28 Å². The fourth-order valence-corrected chi connectivity index (χ4v) is 1.15. The number of primary amides is 1. The Morgan fingerprint density at radius 2 is 2.15 bits per heavy atom. The van der Waals surface area contributed by atoms with Gasteiger partial charge in [0.2, 0.25) is 5.82 Å². The first kappa shape index (κ1) is 7.72. The largest absolute Gasteiger partial charge is 0.363 e. The van der Waals surface area contributed by atoms with Crippen molar-refractivity contribution in [3.63, 3.8) is 0 Å². The highest BCUT2D eigenvalue weighted by atomic mass is 19.2. The number of para-hydroxylation sites is 2. The molecule has 1 aromatic heterocycles. The molecule has 0 atom stereocenters. The molecule has 0 aliphatic carbocycles. The summed E-state index contributed by atoms with van der Waals surface area (Å²) in [6, 6.07) is 6.50. The fraction of sp³-hybridized carbons (Fsp3) is 0. The summed E-state index contributed by atoms with van der Waals surface area (Å²) in [6.07, 6.45) is 0. The van der Waals surface area contributed by atoms with Gasteiger partial charge in [0.15, 0.2) is 0 Å². The van der Waals surface area contributed by atoms with Crippen LogP contribution in [0.4, 0.5) is 4.48 Å². The molecule has 0 bridgehead atoms. The molecule has 1 amide bonds. The molecule has 1 heterocycles. The highest BCUT2D eigenvalue weighted by Crippen LogP contribution is 2.14. The van der Waals surface area contributed by atoms with E-state index in [0.717, 1.165) is 0 Å². The minimum Gasteiger partial charge on any atom is -0.363 e. The summed E-state index contributed by atoms with van der Waals surface area (Å²) >= 11 is 0. The first-order valence-corrected chi connectivity index (χ1v) is 3.63. The van der Waals surface area contributed by atoms with E-state index in [0.29, 0.717) is 5.52 Å². The number of amides is 1. The molecule has 0 saturated heterocycles. The third-order valence-corrected chi connectivity index (χ3v) is 1.73. The van der Waals surface area contributed by atoms with Gasteiger partial charge in [-0.3, -0.25) is 4.79 Å². The van der Waals surface area contributed by atoms with Crippen molar-refractivity contribution < 1.29 is 9.28 Å². The second-order valence-electron chi connectivity index (χ2n) is 2.57. The number of hydrogen-bond donors (Lipinski definition) is 1. The maximum atomic E-state index is 13.2. The number of hydrogen-bond acceptors (Lipinski definition) is 2. The van der Waals surface area contributed by atoms with E-state index in [1.165, 1.54) is 6.07 Å². The summed E-state index contributed by atoms with van der Waals surface area (Å²) in [7, 11) is 0. The summed E-state index contributed by atoms with van der Waals surface area (Å²) in [5.74, 6) is -1.25. The summed E-state index contributed by atoms with van der Waals surface area (Å²) in [5, 5.41) is 0. The minimum atomic E-state index is -0.876. The van der Waals surface area contributed by atoms with Crippen LogP contribution in [0.5, 0.6) is 0 Å². The maximum absolute atomic E-state index is 13.2. The maximum Gasteiger partial charge on any atom is 0.287 e. The van der Waals surface area contributed by atoms with Crippen molar-refractivity contribution in [1.82, 2.24) is 9.77 Å². The zero-order chi connectivity index (χ0) is 9.42. The summed E-state index contributed by atoms with van der Waals surface area (Å²) < 4.78 is 13.2. The van der Waals surface area contributed by atoms with Crippen LogP contribution in [0.1, 0.15) is 10.6 Å². The van der Waals surface area contributed by atoms with Gasteiger partial charge in [-0.2, -0.15) is 4.79 Å². The van der Waals surface area contributed by atoms with Crippen molar-refractivity contribution in [2.75, 3.05) is 0 Å². The van der Waals surface area contributed by atoms with Gasteiger partial charge >= 0.3 is 0 Å². The molecule has 2 aromatic rings. The molecule has 2 rings (SSSR count). The second-order valence-corrected chi connectivity index (χ2v) is 2.57. The van der Waals surface area contributed by atoms with Crippen LogP contribution in [0.15, 0.2) is 24.3 Å². The van der Waals surface area contributed by atoms with Gasteiger partial charge < -0.3 is 5.73 Å². The number of nitrogens with zero attached hydrogens (tertiary/aromatic N) is 2. The molecular formula is C8H6FN3O. The zero-order valence-corrected chi connectivity index (χ0v) is 6.57. The number of nitrogens with two attached hydrogens (primary N) is 1. The Morgan fingerprint density at radius 3 is 2.77 bits per heavy atom. The van der Waals surface area contributed by atoms with Gasteiger partial charge in [0.1, 0.15) is 5.52 Å². The fourth-order valence-electron chi connectivity index (χ4n) is 1.15. The quantitative estimate of drug-likeness (QED) is 0.705. The van der Waals surface area contributed by atoms with Crippen molar-refractivity contribution in [1.29, 1.82) is 0 Å². The molecule has 0 fully saturated rings. The lowest BCUT2D eigenvalue weighted by atomic mass is 10.3. The average Bonchev–Trinajstić information content (AvgIpc) is 2.45. The molecule has 4 nitrogen and oxygen atoms in total. The van der Waals surface area contributed by atoms with Gasteiger partial charge in [0.25, 0.3) is 5.91 Å². The molecule has 5 heteroatoms.